The molecule has 3 heteroatoms. The minimum absolute atomic E-state index is 0.0156. The molecule has 1 aliphatic heterocycles. The number of aromatic nitrogens is 1. The maximum absolute atomic E-state index is 6.24. The van der Waals surface area contributed by atoms with Gasteiger partial charge in [0.05, 0.1) is 16.5 Å². The van der Waals surface area contributed by atoms with Crippen LogP contribution >= 0.6 is 0 Å². The number of benzene rings is 3. The van der Waals surface area contributed by atoms with Gasteiger partial charge in [0.2, 0.25) is 0 Å². The lowest BCUT2D eigenvalue weighted by Crippen LogP contribution is -2.12. The van der Waals surface area contributed by atoms with Crippen LogP contribution in [0, 0.1) is 0 Å². The third-order valence-corrected chi connectivity index (χ3v) is 6.35. The number of pyridine rings is 1. The predicted molar refractivity (Wildman–Crippen MR) is 127 cm³/mol. The van der Waals surface area contributed by atoms with E-state index in [1.165, 1.54) is 21.9 Å². The third kappa shape index (κ3) is 2.76. The van der Waals surface area contributed by atoms with Gasteiger partial charge in [-0.05, 0) is 58.5 Å². The quantitative estimate of drug-likeness (QED) is 0.290. The van der Waals surface area contributed by atoms with E-state index in [0.29, 0.717) is 0 Å². The van der Waals surface area contributed by atoms with Crippen molar-refractivity contribution in [3.63, 3.8) is 0 Å². The highest BCUT2D eigenvalue weighted by atomic mass is 16.5. The van der Waals surface area contributed by atoms with E-state index < -0.39 is 0 Å². The summed E-state index contributed by atoms with van der Waals surface area (Å²) >= 11 is 0. The molecule has 0 aliphatic carbocycles. The minimum Gasteiger partial charge on any atom is -0.489 e. The molecule has 3 heterocycles. The van der Waals surface area contributed by atoms with Gasteiger partial charge in [-0.15, -0.1) is 0 Å². The Morgan fingerprint density at radius 3 is 2.58 bits per heavy atom. The highest BCUT2D eigenvalue weighted by molar-refractivity contribution is 6.15. The fraction of sp³-hybridized carbons (Fsp3) is 0.250. The first-order valence-corrected chi connectivity index (χ1v) is 10.9. The van der Waals surface area contributed by atoms with Crippen LogP contribution in [0.5, 0.6) is 5.75 Å². The molecule has 3 aromatic carbocycles. The molecule has 0 radical (unpaired) electrons. The largest absolute Gasteiger partial charge is 0.489 e. The number of nitrogens with zero attached hydrogens (tertiary/aromatic N) is 1. The zero-order valence-electron chi connectivity index (χ0n) is 18.3. The van der Waals surface area contributed by atoms with Crippen LogP contribution in [0.1, 0.15) is 38.8 Å². The molecule has 0 bridgehead atoms. The Morgan fingerprint density at radius 1 is 0.935 bits per heavy atom. The van der Waals surface area contributed by atoms with Crippen LogP contribution in [0.25, 0.3) is 44.0 Å². The van der Waals surface area contributed by atoms with E-state index in [4.69, 9.17) is 14.1 Å². The highest BCUT2D eigenvalue weighted by Gasteiger charge is 2.26. The molecule has 0 spiro atoms. The Kier molecular flexibility index (Phi) is 3.77. The zero-order chi connectivity index (χ0) is 21.3. The second-order valence-electron chi connectivity index (χ2n) is 9.69. The first kappa shape index (κ1) is 18.4. The van der Waals surface area contributed by atoms with Gasteiger partial charge in [-0.2, -0.15) is 0 Å². The van der Waals surface area contributed by atoms with E-state index in [1.807, 2.05) is 12.3 Å². The van der Waals surface area contributed by atoms with Crippen LogP contribution in [0.3, 0.4) is 0 Å². The van der Waals surface area contributed by atoms with Gasteiger partial charge in [0.1, 0.15) is 23.0 Å². The average Bonchev–Trinajstić information content (AvgIpc) is 3.31. The van der Waals surface area contributed by atoms with Gasteiger partial charge < -0.3 is 9.15 Å². The van der Waals surface area contributed by atoms with Gasteiger partial charge in [-0.1, -0.05) is 51.1 Å². The van der Waals surface area contributed by atoms with Crippen molar-refractivity contribution in [3.05, 3.63) is 71.9 Å². The molecule has 0 fully saturated rings. The summed E-state index contributed by atoms with van der Waals surface area (Å²) in [6.45, 7) is 8.91. The lowest BCUT2D eigenvalue weighted by atomic mass is 9.82. The van der Waals surface area contributed by atoms with Crippen molar-refractivity contribution >= 4 is 32.7 Å². The third-order valence-electron chi connectivity index (χ3n) is 6.35. The van der Waals surface area contributed by atoms with Crippen molar-refractivity contribution < 1.29 is 9.15 Å². The maximum Gasteiger partial charge on any atom is 0.139 e. The molecular formula is C28H25NO2. The monoisotopic (exact) mass is 407 g/mol. The summed E-state index contributed by atoms with van der Waals surface area (Å²) < 4.78 is 12.5. The Balaban J connectivity index is 1.72. The molecule has 2 aromatic heterocycles. The topological polar surface area (TPSA) is 35.3 Å². The Morgan fingerprint density at radius 2 is 1.74 bits per heavy atom. The van der Waals surface area contributed by atoms with E-state index in [9.17, 15) is 0 Å². The fourth-order valence-corrected chi connectivity index (χ4v) is 4.95. The highest BCUT2D eigenvalue weighted by Crippen LogP contribution is 2.45. The van der Waals surface area contributed by atoms with Crippen molar-refractivity contribution in [3.8, 4) is 17.0 Å². The molecule has 0 amide bonds. The van der Waals surface area contributed by atoms with Crippen LogP contribution < -0.4 is 4.74 Å². The van der Waals surface area contributed by atoms with E-state index in [0.717, 1.165) is 45.4 Å². The minimum atomic E-state index is 0.0156. The van der Waals surface area contributed by atoms with Crippen molar-refractivity contribution in [2.24, 2.45) is 0 Å². The summed E-state index contributed by atoms with van der Waals surface area (Å²) in [4.78, 5) is 4.86. The van der Waals surface area contributed by atoms with E-state index >= 15 is 0 Å². The van der Waals surface area contributed by atoms with E-state index in [2.05, 4.69) is 76.2 Å². The van der Waals surface area contributed by atoms with Crippen molar-refractivity contribution in [1.82, 2.24) is 4.98 Å². The van der Waals surface area contributed by atoms with Gasteiger partial charge >= 0.3 is 0 Å². The number of ether oxygens (including phenoxy) is 1. The Hall–Kier alpha value is -3.33. The predicted octanol–water partition coefficient (Wildman–Crippen LogP) is 7.42. The molecule has 5 aromatic rings. The smallest absolute Gasteiger partial charge is 0.139 e. The Bertz CT molecular complexity index is 1490. The van der Waals surface area contributed by atoms with Gasteiger partial charge in [0.15, 0.2) is 0 Å². The molecular weight excluding hydrogens is 382 g/mol. The number of hydrogen-bond donors (Lipinski definition) is 0. The van der Waals surface area contributed by atoms with Crippen LogP contribution in [-0.4, -0.2) is 11.1 Å². The molecule has 1 unspecified atom stereocenters. The van der Waals surface area contributed by atoms with Crippen molar-refractivity contribution in [1.29, 1.82) is 0 Å². The summed E-state index contributed by atoms with van der Waals surface area (Å²) in [5.74, 6) is 0.954. The van der Waals surface area contributed by atoms with Crippen LogP contribution in [-0.2, 0) is 11.8 Å². The van der Waals surface area contributed by atoms with Crippen LogP contribution in [0.15, 0.2) is 65.2 Å². The summed E-state index contributed by atoms with van der Waals surface area (Å²) in [6.07, 6.45) is 2.95. The molecule has 31 heavy (non-hydrogen) atoms. The second kappa shape index (κ2) is 6.34. The first-order valence-electron chi connectivity index (χ1n) is 10.9. The zero-order valence-corrected chi connectivity index (χ0v) is 18.3. The SMILES string of the molecule is CC1Cc2ccc3oc4ccnc(-c5cc(C(C)(C)C)c6ccccc6c5)c4c3c2O1. The lowest BCUT2D eigenvalue weighted by Gasteiger charge is -2.22. The second-order valence-corrected chi connectivity index (χ2v) is 9.69. The van der Waals surface area contributed by atoms with Gasteiger partial charge in [-0.3, -0.25) is 4.98 Å². The lowest BCUT2D eigenvalue weighted by molar-refractivity contribution is 0.257. The normalized spacial score (nSPS) is 16.2. The van der Waals surface area contributed by atoms with Crippen molar-refractivity contribution in [2.45, 2.75) is 45.6 Å². The summed E-state index contributed by atoms with van der Waals surface area (Å²) in [6, 6.07) is 19.3. The Labute approximate surface area is 181 Å². The van der Waals surface area contributed by atoms with Gasteiger partial charge in [0.25, 0.3) is 0 Å². The fourth-order valence-electron chi connectivity index (χ4n) is 4.95. The summed E-state index contributed by atoms with van der Waals surface area (Å²) in [5.41, 5.74) is 6.34. The molecule has 0 N–H and O–H groups in total. The van der Waals surface area contributed by atoms with Crippen molar-refractivity contribution in [2.75, 3.05) is 0 Å². The number of fused-ring (bicyclic) bond motifs is 6. The van der Waals surface area contributed by atoms with E-state index in [1.54, 1.807) is 0 Å². The van der Waals surface area contributed by atoms with E-state index in [-0.39, 0.29) is 11.5 Å². The van der Waals surface area contributed by atoms with Gasteiger partial charge in [-0.25, -0.2) is 0 Å². The van der Waals surface area contributed by atoms with Crippen LogP contribution in [0.4, 0.5) is 0 Å². The standard InChI is InChI=1S/C28H25NO2/c1-16-13-18-9-10-22-25(27(18)30-16)24-23(31-22)11-12-29-26(24)19-14-17-7-5-6-8-20(17)21(15-19)28(2,3)4/h5-12,14-16H,13H2,1-4H3. The average molecular weight is 408 g/mol. The molecule has 0 saturated carbocycles. The summed E-state index contributed by atoms with van der Waals surface area (Å²) in [7, 11) is 0. The number of furan rings is 1. The van der Waals surface area contributed by atoms with Gasteiger partial charge in [0, 0.05) is 18.2 Å². The number of rotatable bonds is 1. The molecule has 6 rings (SSSR count). The molecule has 154 valence electrons. The van der Waals surface area contributed by atoms with Crippen LogP contribution in [0.2, 0.25) is 0 Å². The number of hydrogen-bond acceptors (Lipinski definition) is 3. The molecule has 1 aliphatic rings. The summed E-state index contributed by atoms with van der Waals surface area (Å²) in [5, 5.41) is 4.61. The first-order chi connectivity index (χ1) is 14.9. The molecule has 1 atom stereocenters. The molecule has 3 nitrogen and oxygen atoms in total. The molecule has 0 saturated heterocycles. The maximum atomic E-state index is 6.24.